The van der Waals surface area contributed by atoms with Gasteiger partial charge in [-0.3, -0.25) is 9.11 Å². The lowest BCUT2D eigenvalue weighted by Crippen LogP contribution is -2.16. The molecule has 2 N–H and O–H groups in total. The smallest absolute Gasteiger partial charge is 0.187 e. The van der Waals surface area contributed by atoms with E-state index < -0.39 is 25.7 Å². The second-order valence-electron chi connectivity index (χ2n) is 7.21. The highest BCUT2D eigenvalue weighted by molar-refractivity contribution is 8.25. The van der Waals surface area contributed by atoms with E-state index in [2.05, 4.69) is 0 Å². The summed E-state index contributed by atoms with van der Waals surface area (Å²) in [5.41, 5.74) is 0.343. The predicted octanol–water partition coefficient (Wildman–Crippen LogP) is 5.17. The van der Waals surface area contributed by atoms with Crippen LogP contribution in [0, 0.1) is 0 Å². The summed E-state index contributed by atoms with van der Waals surface area (Å²) in [6.45, 7) is 0.751. The maximum Gasteiger partial charge on any atom is 0.187 e. The van der Waals surface area contributed by atoms with Gasteiger partial charge in [0, 0.05) is 12.0 Å². The molecule has 0 spiro atoms. The fraction of sp³-hybridized carbons (Fsp3) is 0.217. The van der Waals surface area contributed by atoms with Gasteiger partial charge in [0.05, 0.1) is 28.8 Å². The molecule has 0 amide bonds. The molecule has 31 heavy (non-hydrogen) atoms. The summed E-state index contributed by atoms with van der Waals surface area (Å²) in [6, 6.07) is 22.4. The highest BCUT2D eigenvalue weighted by Crippen LogP contribution is 2.63. The normalized spacial score (nSPS) is 18.2. The third-order valence-corrected chi connectivity index (χ3v) is 9.24. The number of rotatable bonds is 8. The molecule has 1 aliphatic heterocycles. The quantitative estimate of drug-likeness (QED) is 0.450. The third-order valence-electron chi connectivity index (χ3n) is 5.09. The van der Waals surface area contributed by atoms with Crippen LogP contribution in [0.1, 0.15) is 17.2 Å². The average Bonchev–Trinajstić information content (AvgIpc) is 3.07. The summed E-state index contributed by atoms with van der Waals surface area (Å²) in [6.07, 6.45) is 0.588. The number of sulfone groups is 1. The molecule has 3 aromatic rings. The van der Waals surface area contributed by atoms with Crippen molar-refractivity contribution in [3.8, 4) is 11.5 Å². The van der Waals surface area contributed by atoms with E-state index >= 15 is 0 Å². The Bertz CT molecular complexity index is 1130. The van der Waals surface area contributed by atoms with E-state index in [1.165, 1.54) is 12.1 Å². The number of para-hydroxylation sites is 1. The lowest BCUT2D eigenvalue weighted by Gasteiger charge is -2.27. The maximum absolute atomic E-state index is 13.3. The fourth-order valence-electron chi connectivity index (χ4n) is 3.60. The zero-order valence-electron chi connectivity index (χ0n) is 16.8. The van der Waals surface area contributed by atoms with Crippen LogP contribution in [0.25, 0.3) is 0 Å². The molecule has 0 saturated carbocycles. The number of ether oxygens (including phenoxy) is 2. The van der Waals surface area contributed by atoms with E-state index in [9.17, 15) is 17.5 Å². The molecule has 6 nitrogen and oxygen atoms in total. The fourth-order valence-corrected chi connectivity index (χ4v) is 8.04. The molecule has 0 radical (unpaired) electrons. The van der Waals surface area contributed by atoms with Gasteiger partial charge in [-0.25, -0.2) is 8.42 Å². The monoisotopic (exact) mass is 460 g/mol. The van der Waals surface area contributed by atoms with Crippen molar-refractivity contribution in [2.75, 3.05) is 19.0 Å². The predicted molar refractivity (Wildman–Crippen MR) is 121 cm³/mol. The molecule has 4 rings (SSSR count). The summed E-state index contributed by atoms with van der Waals surface area (Å²) in [5, 5.41) is -1.08. The van der Waals surface area contributed by atoms with Gasteiger partial charge in [0.25, 0.3) is 0 Å². The Morgan fingerprint density at radius 1 is 0.839 bits per heavy atom. The van der Waals surface area contributed by atoms with Gasteiger partial charge in [-0.05, 0) is 36.4 Å². The number of hydrogen-bond acceptors (Lipinski definition) is 6. The van der Waals surface area contributed by atoms with Crippen LogP contribution in [0.2, 0.25) is 0 Å². The summed E-state index contributed by atoms with van der Waals surface area (Å²) in [4.78, 5) is 0.393. The molecule has 1 atom stereocenters. The van der Waals surface area contributed by atoms with Gasteiger partial charge >= 0.3 is 0 Å². The van der Waals surface area contributed by atoms with E-state index in [0.717, 1.165) is 5.75 Å². The van der Waals surface area contributed by atoms with Gasteiger partial charge in [-0.1, -0.05) is 42.5 Å². The van der Waals surface area contributed by atoms with Gasteiger partial charge in [0.2, 0.25) is 0 Å². The zero-order chi connectivity index (χ0) is 21.9. The number of benzene rings is 3. The van der Waals surface area contributed by atoms with E-state index in [0.29, 0.717) is 30.9 Å². The van der Waals surface area contributed by atoms with Gasteiger partial charge in [-0.2, -0.15) is 10.6 Å². The van der Waals surface area contributed by atoms with Crippen molar-refractivity contribution in [1.29, 1.82) is 0 Å². The van der Waals surface area contributed by atoms with Crippen LogP contribution < -0.4 is 9.47 Å². The molecule has 1 aliphatic rings. The van der Waals surface area contributed by atoms with Crippen molar-refractivity contribution in [2.45, 2.75) is 21.5 Å². The van der Waals surface area contributed by atoms with Crippen molar-refractivity contribution in [2.24, 2.45) is 0 Å². The van der Waals surface area contributed by atoms with E-state index in [-0.39, 0.29) is 15.5 Å². The molecule has 1 unspecified atom stereocenters. The van der Waals surface area contributed by atoms with Crippen LogP contribution in [0.5, 0.6) is 11.5 Å². The van der Waals surface area contributed by atoms with Gasteiger partial charge in [0.1, 0.15) is 16.7 Å². The molecule has 1 heterocycles. The van der Waals surface area contributed by atoms with Crippen molar-refractivity contribution in [1.82, 2.24) is 0 Å². The van der Waals surface area contributed by atoms with Crippen molar-refractivity contribution >= 4 is 20.4 Å². The zero-order valence-corrected chi connectivity index (χ0v) is 18.4. The summed E-state index contributed by atoms with van der Waals surface area (Å²) in [7, 11) is -7.04. The van der Waals surface area contributed by atoms with E-state index in [1.54, 1.807) is 36.4 Å². The van der Waals surface area contributed by atoms with E-state index in [1.807, 2.05) is 30.3 Å². The topological polar surface area (TPSA) is 93.1 Å². The Morgan fingerprint density at radius 2 is 1.48 bits per heavy atom. The Morgan fingerprint density at radius 3 is 2.19 bits per heavy atom. The minimum absolute atomic E-state index is 0.147. The first kappa shape index (κ1) is 21.7. The van der Waals surface area contributed by atoms with Crippen molar-refractivity contribution in [3.63, 3.8) is 0 Å². The SMILES string of the molecule is O=S(=O)(c1ccccc1)C1CS(O)(O)c2cccc(OCCCOc3ccccc3)c21. The molecule has 164 valence electrons. The van der Waals surface area contributed by atoms with Crippen LogP contribution in [0.4, 0.5) is 0 Å². The van der Waals surface area contributed by atoms with Gasteiger partial charge < -0.3 is 9.47 Å². The average molecular weight is 461 g/mol. The minimum atomic E-state index is -3.82. The van der Waals surface area contributed by atoms with Crippen molar-refractivity contribution < 1.29 is 27.0 Å². The molecule has 0 saturated heterocycles. The standard InChI is InChI=1S/C23H24O6S2/c24-30(25)17-22(31(26,27)19-11-5-2-6-12-19)23-20(13-7-14-21(23)30)29-16-8-15-28-18-9-3-1-4-10-18/h1-7,9-14,22,24-25H,8,15-17H2. The molecule has 8 heteroatoms. The first-order valence-electron chi connectivity index (χ1n) is 9.88. The molecule has 0 bridgehead atoms. The first-order chi connectivity index (χ1) is 14.9. The molecule has 3 aromatic carbocycles. The second-order valence-corrected chi connectivity index (χ2v) is 11.4. The summed E-state index contributed by atoms with van der Waals surface area (Å²) < 4.78 is 59.3. The van der Waals surface area contributed by atoms with Crippen molar-refractivity contribution in [3.05, 3.63) is 84.4 Å². The Balaban J connectivity index is 1.53. The minimum Gasteiger partial charge on any atom is -0.493 e. The maximum atomic E-state index is 13.3. The second kappa shape index (κ2) is 8.92. The summed E-state index contributed by atoms with van der Waals surface area (Å²) >= 11 is 0. The molecule has 0 fully saturated rings. The number of hydrogen-bond donors (Lipinski definition) is 2. The molecular formula is C23H24O6S2. The Hall–Kier alpha value is -2.52. The Labute approximate surface area is 183 Å². The molecule has 0 aliphatic carbocycles. The third kappa shape index (κ3) is 4.57. The highest BCUT2D eigenvalue weighted by Gasteiger charge is 2.45. The molecule has 0 aromatic heterocycles. The highest BCUT2D eigenvalue weighted by atomic mass is 32.3. The largest absolute Gasteiger partial charge is 0.493 e. The van der Waals surface area contributed by atoms with Crippen LogP contribution in [0.15, 0.2) is 88.7 Å². The lowest BCUT2D eigenvalue weighted by atomic mass is 10.1. The van der Waals surface area contributed by atoms with Gasteiger partial charge in [-0.15, -0.1) is 0 Å². The van der Waals surface area contributed by atoms with Crippen LogP contribution in [-0.4, -0.2) is 36.5 Å². The van der Waals surface area contributed by atoms with Crippen LogP contribution in [0.3, 0.4) is 0 Å². The van der Waals surface area contributed by atoms with E-state index in [4.69, 9.17) is 9.47 Å². The Kier molecular flexibility index (Phi) is 6.24. The lowest BCUT2D eigenvalue weighted by molar-refractivity contribution is 0.246. The molecular weight excluding hydrogens is 436 g/mol. The number of fused-ring (bicyclic) bond motifs is 1. The first-order valence-corrected chi connectivity index (χ1v) is 13.1. The summed E-state index contributed by atoms with van der Waals surface area (Å²) in [5.74, 6) is 0.863. The van der Waals surface area contributed by atoms with Crippen LogP contribution >= 0.6 is 10.6 Å². The van der Waals surface area contributed by atoms with Crippen LogP contribution in [-0.2, 0) is 9.84 Å². The van der Waals surface area contributed by atoms with Gasteiger partial charge in [0.15, 0.2) is 9.84 Å².